The standard InChI is InChI=1S/C19H29ClN2O4/c1-14(13-25-3)22-9-6-16(7-10-22)26-18-5-4-15(12-17(18)20)19(23)21-8-11-24-2/h4-5,12,14,16H,6-11,13H2,1-3H3,(H,21,23)/t14-/m0/s1. The summed E-state index contributed by atoms with van der Waals surface area (Å²) in [5.41, 5.74) is 0.515. The first kappa shape index (κ1) is 21.0. The Bertz CT molecular complexity index is 577. The van der Waals surface area contributed by atoms with Crippen LogP contribution >= 0.6 is 11.6 Å². The van der Waals surface area contributed by atoms with E-state index in [1.807, 2.05) is 0 Å². The summed E-state index contributed by atoms with van der Waals surface area (Å²) in [6, 6.07) is 5.57. The molecule has 146 valence electrons. The summed E-state index contributed by atoms with van der Waals surface area (Å²) in [7, 11) is 3.33. The van der Waals surface area contributed by atoms with Gasteiger partial charge in [-0.25, -0.2) is 0 Å². The van der Waals surface area contributed by atoms with E-state index in [-0.39, 0.29) is 12.0 Å². The Kier molecular flexibility index (Phi) is 8.65. The van der Waals surface area contributed by atoms with Gasteiger partial charge in [0.15, 0.2) is 0 Å². The second-order valence-electron chi connectivity index (χ2n) is 6.55. The van der Waals surface area contributed by atoms with Crippen molar-refractivity contribution in [3.05, 3.63) is 28.8 Å². The van der Waals surface area contributed by atoms with Crippen molar-refractivity contribution >= 4 is 17.5 Å². The maximum Gasteiger partial charge on any atom is 0.251 e. The fraction of sp³-hybridized carbons (Fsp3) is 0.632. The summed E-state index contributed by atoms with van der Waals surface area (Å²) >= 11 is 6.32. The number of methoxy groups -OCH3 is 2. The molecule has 1 heterocycles. The van der Waals surface area contributed by atoms with Gasteiger partial charge in [-0.05, 0) is 38.0 Å². The number of piperidine rings is 1. The molecule has 2 rings (SSSR count). The van der Waals surface area contributed by atoms with Gasteiger partial charge in [-0.2, -0.15) is 0 Å². The predicted octanol–water partition coefficient (Wildman–Crippen LogP) is 2.59. The lowest BCUT2D eigenvalue weighted by molar-refractivity contribution is 0.0475. The lowest BCUT2D eigenvalue weighted by Gasteiger charge is -2.35. The Morgan fingerprint density at radius 2 is 2.04 bits per heavy atom. The van der Waals surface area contributed by atoms with Crippen molar-refractivity contribution in [3.8, 4) is 5.75 Å². The fourth-order valence-corrected chi connectivity index (χ4v) is 3.29. The molecule has 0 bridgehead atoms. The van der Waals surface area contributed by atoms with E-state index in [2.05, 4.69) is 17.1 Å². The highest BCUT2D eigenvalue weighted by Gasteiger charge is 2.24. The summed E-state index contributed by atoms with van der Waals surface area (Å²) in [4.78, 5) is 14.5. The molecule has 0 spiro atoms. The molecule has 1 aliphatic heterocycles. The molecule has 6 nitrogen and oxygen atoms in total. The van der Waals surface area contributed by atoms with Crippen LogP contribution in [0, 0.1) is 0 Å². The molecule has 1 atom stereocenters. The number of hydrogen-bond acceptors (Lipinski definition) is 5. The number of hydrogen-bond donors (Lipinski definition) is 1. The number of nitrogens with one attached hydrogen (secondary N) is 1. The van der Waals surface area contributed by atoms with Gasteiger partial charge in [0.05, 0.1) is 18.2 Å². The SMILES string of the molecule is COCCNC(=O)c1ccc(OC2CCN([C@@H](C)COC)CC2)c(Cl)c1. The summed E-state index contributed by atoms with van der Waals surface area (Å²) in [5.74, 6) is 0.458. The van der Waals surface area contributed by atoms with Crippen molar-refractivity contribution in [1.82, 2.24) is 10.2 Å². The molecule has 0 aliphatic carbocycles. The Balaban J connectivity index is 1.86. The minimum Gasteiger partial charge on any atom is -0.489 e. The van der Waals surface area contributed by atoms with Gasteiger partial charge in [-0.1, -0.05) is 11.6 Å². The van der Waals surface area contributed by atoms with Crippen LogP contribution in [0.2, 0.25) is 5.02 Å². The van der Waals surface area contributed by atoms with Crippen molar-refractivity contribution in [1.29, 1.82) is 0 Å². The average Bonchev–Trinajstić information content (AvgIpc) is 2.64. The first-order valence-corrected chi connectivity index (χ1v) is 9.39. The van der Waals surface area contributed by atoms with E-state index in [9.17, 15) is 4.79 Å². The van der Waals surface area contributed by atoms with Crippen LogP contribution in [0.3, 0.4) is 0 Å². The van der Waals surface area contributed by atoms with Crippen molar-refractivity contribution in [2.75, 3.05) is 47.1 Å². The summed E-state index contributed by atoms with van der Waals surface area (Å²) in [6.45, 7) is 5.82. The van der Waals surface area contributed by atoms with Gasteiger partial charge in [-0.3, -0.25) is 9.69 Å². The largest absolute Gasteiger partial charge is 0.489 e. The first-order valence-electron chi connectivity index (χ1n) is 9.01. The molecule has 1 aromatic carbocycles. The van der Waals surface area contributed by atoms with E-state index in [0.29, 0.717) is 35.5 Å². The monoisotopic (exact) mass is 384 g/mol. The molecule has 1 aromatic rings. The minimum absolute atomic E-state index is 0.139. The number of amides is 1. The molecule has 0 saturated carbocycles. The zero-order valence-electron chi connectivity index (χ0n) is 15.8. The molecule has 0 aromatic heterocycles. The normalized spacial score (nSPS) is 17.1. The highest BCUT2D eigenvalue weighted by atomic mass is 35.5. The Labute approximate surface area is 160 Å². The maximum atomic E-state index is 12.0. The highest BCUT2D eigenvalue weighted by Crippen LogP contribution is 2.28. The number of halogens is 1. The Morgan fingerprint density at radius 3 is 2.65 bits per heavy atom. The fourth-order valence-electron chi connectivity index (χ4n) is 3.07. The van der Waals surface area contributed by atoms with Gasteiger partial charge in [-0.15, -0.1) is 0 Å². The lowest BCUT2D eigenvalue weighted by Crippen LogP contribution is -2.44. The number of rotatable bonds is 9. The summed E-state index contributed by atoms with van der Waals surface area (Å²) in [6.07, 6.45) is 2.03. The van der Waals surface area contributed by atoms with Crippen LogP contribution in [0.5, 0.6) is 5.75 Å². The van der Waals surface area contributed by atoms with Crippen LogP contribution in [0.4, 0.5) is 0 Å². The lowest BCUT2D eigenvalue weighted by atomic mass is 10.1. The van der Waals surface area contributed by atoms with Crippen LogP contribution in [0.1, 0.15) is 30.1 Å². The van der Waals surface area contributed by atoms with E-state index < -0.39 is 0 Å². The quantitative estimate of drug-likeness (QED) is 0.663. The molecule has 0 unspecified atom stereocenters. The molecular formula is C19H29ClN2O4. The third kappa shape index (κ3) is 6.13. The predicted molar refractivity (Wildman–Crippen MR) is 102 cm³/mol. The number of likely N-dealkylation sites (tertiary alicyclic amines) is 1. The van der Waals surface area contributed by atoms with E-state index in [1.165, 1.54) is 0 Å². The van der Waals surface area contributed by atoms with Gasteiger partial charge in [0, 0.05) is 45.5 Å². The zero-order valence-corrected chi connectivity index (χ0v) is 16.6. The van der Waals surface area contributed by atoms with E-state index in [0.717, 1.165) is 32.5 Å². The van der Waals surface area contributed by atoms with Crippen LogP contribution in [0.15, 0.2) is 18.2 Å². The molecule has 1 amide bonds. The maximum absolute atomic E-state index is 12.0. The van der Waals surface area contributed by atoms with Gasteiger partial charge in [0.1, 0.15) is 11.9 Å². The van der Waals surface area contributed by atoms with E-state index in [1.54, 1.807) is 32.4 Å². The molecule has 1 N–H and O–H groups in total. The van der Waals surface area contributed by atoms with Gasteiger partial charge in [0.2, 0.25) is 0 Å². The van der Waals surface area contributed by atoms with Crippen molar-refractivity contribution in [3.63, 3.8) is 0 Å². The van der Waals surface area contributed by atoms with E-state index in [4.69, 9.17) is 25.8 Å². The molecular weight excluding hydrogens is 356 g/mol. The van der Waals surface area contributed by atoms with Crippen molar-refractivity contribution in [2.24, 2.45) is 0 Å². The Morgan fingerprint density at radius 1 is 1.31 bits per heavy atom. The van der Waals surface area contributed by atoms with Gasteiger partial charge in [0.25, 0.3) is 5.91 Å². The van der Waals surface area contributed by atoms with Crippen molar-refractivity contribution < 1.29 is 19.0 Å². The second-order valence-corrected chi connectivity index (χ2v) is 6.96. The van der Waals surface area contributed by atoms with Crippen molar-refractivity contribution in [2.45, 2.75) is 31.9 Å². The average molecular weight is 385 g/mol. The molecule has 7 heteroatoms. The first-order chi connectivity index (χ1) is 12.5. The zero-order chi connectivity index (χ0) is 18.9. The summed E-state index contributed by atoms with van der Waals surface area (Å²) in [5, 5.41) is 3.23. The molecule has 1 saturated heterocycles. The number of carbonyl (C=O) groups excluding carboxylic acids is 1. The molecule has 26 heavy (non-hydrogen) atoms. The van der Waals surface area contributed by atoms with Crippen LogP contribution in [-0.2, 0) is 9.47 Å². The highest BCUT2D eigenvalue weighted by molar-refractivity contribution is 6.32. The minimum atomic E-state index is -0.170. The molecule has 1 fully saturated rings. The third-order valence-electron chi connectivity index (χ3n) is 4.59. The number of ether oxygens (including phenoxy) is 3. The second kappa shape index (κ2) is 10.7. The number of carbonyl (C=O) groups is 1. The topological polar surface area (TPSA) is 60.0 Å². The molecule has 1 aliphatic rings. The van der Waals surface area contributed by atoms with E-state index >= 15 is 0 Å². The number of benzene rings is 1. The molecule has 0 radical (unpaired) electrons. The summed E-state index contributed by atoms with van der Waals surface area (Å²) < 4.78 is 16.2. The van der Waals surface area contributed by atoms with Gasteiger partial charge < -0.3 is 19.5 Å². The number of nitrogens with zero attached hydrogens (tertiary/aromatic N) is 1. The van der Waals surface area contributed by atoms with Gasteiger partial charge >= 0.3 is 0 Å². The van der Waals surface area contributed by atoms with Crippen LogP contribution < -0.4 is 10.1 Å². The smallest absolute Gasteiger partial charge is 0.251 e. The van der Waals surface area contributed by atoms with Crippen LogP contribution in [-0.4, -0.2) is 70.0 Å². The third-order valence-corrected chi connectivity index (χ3v) is 4.88. The van der Waals surface area contributed by atoms with Crippen LogP contribution in [0.25, 0.3) is 0 Å². The Hall–Kier alpha value is -1.34.